The summed E-state index contributed by atoms with van der Waals surface area (Å²) < 4.78 is 6.83. The average molecular weight is 410 g/mol. The Morgan fingerprint density at radius 1 is 1.23 bits per heavy atom. The number of aryl methyl sites for hydroxylation is 1. The van der Waals surface area contributed by atoms with Crippen molar-refractivity contribution < 1.29 is 19.1 Å². The third kappa shape index (κ3) is 5.56. The maximum absolute atomic E-state index is 12.1. The number of aromatic nitrogens is 2. The van der Waals surface area contributed by atoms with E-state index in [9.17, 15) is 14.4 Å². The summed E-state index contributed by atoms with van der Waals surface area (Å²) >= 11 is 0. The second-order valence-corrected chi connectivity index (χ2v) is 7.36. The number of rotatable bonds is 8. The van der Waals surface area contributed by atoms with Gasteiger partial charge in [-0.2, -0.15) is 5.10 Å². The van der Waals surface area contributed by atoms with Gasteiger partial charge in [-0.3, -0.25) is 9.59 Å². The van der Waals surface area contributed by atoms with Gasteiger partial charge in [0.1, 0.15) is 0 Å². The Bertz CT molecular complexity index is 961. The van der Waals surface area contributed by atoms with Gasteiger partial charge >= 0.3 is 5.97 Å². The van der Waals surface area contributed by atoms with Gasteiger partial charge < -0.3 is 15.0 Å². The normalized spacial score (nSPS) is 13.3. The molecule has 3 rings (SSSR count). The van der Waals surface area contributed by atoms with E-state index in [1.807, 2.05) is 48.9 Å². The molecule has 1 aromatic carbocycles. The summed E-state index contributed by atoms with van der Waals surface area (Å²) in [4.78, 5) is 37.1. The molecular weight excluding hydrogens is 384 g/mol. The lowest BCUT2D eigenvalue weighted by Gasteiger charge is -2.16. The molecule has 0 spiro atoms. The van der Waals surface area contributed by atoms with E-state index in [1.54, 1.807) is 6.08 Å². The fourth-order valence-corrected chi connectivity index (χ4v) is 2.96. The zero-order valence-electron chi connectivity index (χ0n) is 17.4. The minimum absolute atomic E-state index is 0.0558. The second-order valence-electron chi connectivity index (χ2n) is 7.36. The highest BCUT2D eigenvalue weighted by atomic mass is 16.5. The number of hydrogen-bond acceptors (Lipinski definition) is 5. The molecule has 1 heterocycles. The Morgan fingerprint density at radius 2 is 1.93 bits per heavy atom. The molecule has 0 unspecified atom stereocenters. The first-order chi connectivity index (χ1) is 14.3. The number of para-hydroxylation sites is 1. The Hall–Kier alpha value is -3.42. The lowest BCUT2D eigenvalue weighted by molar-refractivity contribution is -0.148. The standard InChI is InChI=1S/C22H26N4O4/c1-15-19(16(2)26(24-15)18-7-5-4-6-8-18)11-12-22(29)30-14-21(28)25(3)13-20(27)23-17-9-10-17/h4-8,11-12,17H,9-10,13-14H2,1-3H3,(H,23,27)/b12-11+. The van der Waals surface area contributed by atoms with Crippen molar-refractivity contribution in [1.82, 2.24) is 20.0 Å². The average Bonchev–Trinajstić information content (AvgIpc) is 3.49. The highest BCUT2D eigenvalue weighted by Gasteiger charge is 2.24. The molecule has 1 aromatic heterocycles. The molecule has 1 N–H and O–H groups in total. The van der Waals surface area contributed by atoms with Crippen LogP contribution in [0.4, 0.5) is 0 Å². The first-order valence-corrected chi connectivity index (χ1v) is 9.85. The maximum Gasteiger partial charge on any atom is 0.331 e. The number of amides is 2. The molecule has 1 fully saturated rings. The number of carbonyl (C=O) groups excluding carboxylic acids is 3. The molecule has 0 aliphatic heterocycles. The number of benzene rings is 1. The van der Waals surface area contributed by atoms with Crippen molar-refractivity contribution in [1.29, 1.82) is 0 Å². The number of esters is 1. The molecule has 8 nitrogen and oxygen atoms in total. The number of nitrogens with zero attached hydrogens (tertiary/aromatic N) is 3. The van der Waals surface area contributed by atoms with Gasteiger partial charge in [0.05, 0.1) is 17.9 Å². The van der Waals surface area contributed by atoms with Crippen LogP contribution in [-0.4, -0.2) is 58.7 Å². The molecular formula is C22H26N4O4. The van der Waals surface area contributed by atoms with Crippen molar-refractivity contribution in [3.63, 3.8) is 0 Å². The van der Waals surface area contributed by atoms with Gasteiger partial charge in [0.25, 0.3) is 5.91 Å². The molecule has 8 heteroatoms. The molecule has 0 atom stereocenters. The molecule has 0 bridgehead atoms. The van der Waals surface area contributed by atoms with Crippen molar-refractivity contribution in [2.24, 2.45) is 0 Å². The van der Waals surface area contributed by atoms with Gasteiger partial charge in [-0.1, -0.05) is 18.2 Å². The summed E-state index contributed by atoms with van der Waals surface area (Å²) in [6, 6.07) is 9.94. The van der Waals surface area contributed by atoms with Crippen molar-refractivity contribution >= 4 is 23.9 Å². The van der Waals surface area contributed by atoms with Crippen LogP contribution in [0, 0.1) is 13.8 Å². The zero-order chi connectivity index (χ0) is 21.7. The summed E-state index contributed by atoms with van der Waals surface area (Å²) in [5.41, 5.74) is 3.41. The number of hydrogen-bond donors (Lipinski definition) is 1. The molecule has 1 aliphatic rings. The first-order valence-electron chi connectivity index (χ1n) is 9.85. The van der Waals surface area contributed by atoms with Crippen LogP contribution < -0.4 is 5.32 Å². The smallest absolute Gasteiger partial charge is 0.331 e. The summed E-state index contributed by atoms with van der Waals surface area (Å²) in [5.74, 6) is -1.28. The minimum Gasteiger partial charge on any atom is -0.452 e. The van der Waals surface area contributed by atoms with Crippen LogP contribution in [-0.2, 0) is 19.1 Å². The van der Waals surface area contributed by atoms with E-state index >= 15 is 0 Å². The van der Waals surface area contributed by atoms with Crippen molar-refractivity contribution in [3.05, 3.63) is 53.4 Å². The third-order valence-electron chi connectivity index (χ3n) is 4.82. The third-order valence-corrected chi connectivity index (χ3v) is 4.82. The lowest BCUT2D eigenvalue weighted by atomic mass is 10.2. The van der Waals surface area contributed by atoms with E-state index in [1.165, 1.54) is 18.0 Å². The van der Waals surface area contributed by atoms with E-state index < -0.39 is 18.5 Å². The van der Waals surface area contributed by atoms with Crippen molar-refractivity contribution in [3.8, 4) is 5.69 Å². The zero-order valence-corrected chi connectivity index (χ0v) is 17.4. The van der Waals surface area contributed by atoms with Crippen LogP contribution in [0.25, 0.3) is 11.8 Å². The molecule has 2 amide bonds. The van der Waals surface area contributed by atoms with Crippen LogP contribution in [0.5, 0.6) is 0 Å². The Balaban J connectivity index is 1.52. The Morgan fingerprint density at radius 3 is 2.60 bits per heavy atom. The number of likely N-dealkylation sites (N-methyl/N-ethyl adjacent to an activating group) is 1. The molecule has 1 saturated carbocycles. The van der Waals surface area contributed by atoms with Gasteiger partial charge in [0.15, 0.2) is 6.61 Å². The van der Waals surface area contributed by atoms with Crippen LogP contribution in [0.15, 0.2) is 36.4 Å². The predicted octanol–water partition coefficient (Wildman–Crippen LogP) is 1.78. The van der Waals surface area contributed by atoms with Gasteiger partial charge in [-0.15, -0.1) is 0 Å². The Kier molecular flexibility index (Phi) is 6.66. The molecule has 0 saturated heterocycles. The highest BCUT2D eigenvalue weighted by Crippen LogP contribution is 2.19. The van der Waals surface area contributed by atoms with Crippen LogP contribution in [0.2, 0.25) is 0 Å². The van der Waals surface area contributed by atoms with E-state index in [4.69, 9.17) is 4.74 Å². The van der Waals surface area contributed by atoms with Gasteiger partial charge in [-0.25, -0.2) is 9.48 Å². The number of carbonyl (C=O) groups is 3. The van der Waals surface area contributed by atoms with E-state index in [2.05, 4.69) is 10.4 Å². The molecule has 158 valence electrons. The lowest BCUT2D eigenvalue weighted by Crippen LogP contribution is -2.40. The number of ether oxygens (including phenoxy) is 1. The van der Waals surface area contributed by atoms with E-state index in [0.29, 0.717) is 0 Å². The fraction of sp³-hybridized carbons (Fsp3) is 0.364. The second kappa shape index (κ2) is 9.39. The van der Waals surface area contributed by atoms with Gasteiger partial charge in [-0.05, 0) is 44.9 Å². The van der Waals surface area contributed by atoms with Gasteiger partial charge in [0, 0.05) is 30.4 Å². The summed E-state index contributed by atoms with van der Waals surface area (Å²) in [6.07, 6.45) is 4.88. The monoisotopic (exact) mass is 410 g/mol. The SMILES string of the molecule is Cc1nn(-c2ccccc2)c(C)c1/C=C/C(=O)OCC(=O)N(C)CC(=O)NC1CC1. The van der Waals surface area contributed by atoms with Gasteiger partial charge in [0.2, 0.25) is 5.91 Å². The fourth-order valence-electron chi connectivity index (χ4n) is 2.96. The van der Waals surface area contributed by atoms with Crippen LogP contribution in [0.3, 0.4) is 0 Å². The topological polar surface area (TPSA) is 93.5 Å². The van der Waals surface area contributed by atoms with Crippen molar-refractivity contribution in [2.75, 3.05) is 20.2 Å². The van der Waals surface area contributed by atoms with E-state index in [0.717, 1.165) is 35.5 Å². The Labute approximate surface area is 175 Å². The van der Waals surface area contributed by atoms with E-state index in [-0.39, 0.29) is 18.5 Å². The maximum atomic E-state index is 12.1. The predicted molar refractivity (Wildman–Crippen MR) is 112 cm³/mol. The van der Waals surface area contributed by atoms with Crippen molar-refractivity contribution in [2.45, 2.75) is 32.7 Å². The number of nitrogens with one attached hydrogen (secondary N) is 1. The molecule has 0 radical (unpaired) electrons. The summed E-state index contributed by atoms with van der Waals surface area (Å²) in [6.45, 7) is 3.31. The summed E-state index contributed by atoms with van der Waals surface area (Å²) in [5, 5.41) is 7.33. The van der Waals surface area contributed by atoms with Crippen LogP contribution in [0.1, 0.15) is 29.8 Å². The molecule has 30 heavy (non-hydrogen) atoms. The quantitative estimate of drug-likeness (QED) is 0.529. The minimum atomic E-state index is -0.634. The van der Waals surface area contributed by atoms with Crippen LogP contribution >= 0.6 is 0 Å². The summed E-state index contributed by atoms with van der Waals surface area (Å²) in [7, 11) is 1.50. The molecule has 1 aliphatic carbocycles. The first kappa shape index (κ1) is 21.3. The highest BCUT2D eigenvalue weighted by molar-refractivity contribution is 5.90. The molecule has 2 aromatic rings. The largest absolute Gasteiger partial charge is 0.452 e.